The molecule has 0 atom stereocenters. The maximum atomic E-state index is 12.6. The van der Waals surface area contributed by atoms with Gasteiger partial charge >= 0.3 is 6.03 Å². The fourth-order valence-electron chi connectivity index (χ4n) is 2.06. The Bertz CT molecular complexity index is 837. The number of hydrogen-bond acceptors (Lipinski definition) is 5. The molecule has 3 amide bonds. The summed E-state index contributed by atoms with van der Waals surface area (Å²) in [6, 6.07) is 4.33. The van der Waals surface area contributed by atoms with Crippen molar-refractivity contribution in [3.05, 3.63) is 33.6 Å². The third-order valence-corrected chi connectivity index (χ3v) is 4.35. The Hall–Kier alpha value is -2.06. The van der Waals surface area contributed by atoms with E-state index in [1.54, 1.807) is 18.2 Å². The van der Waals surface area contributed by atoms with Crippen LogP contribution in [0.2, 0.25) is 5.02 Å². The molecule has 0 bridgehead atoms. The Morgan fingerprint density at radius 1 is 1.38 bits per heavy atom. The molecule has 0 aliphatic rings. The van der Waals surface area contributed by atoms with Crippen LogP contribution < -0.4 is 16.2 Å². The van der Waals surface area contributed by atoms with Crippen LogP contribution in [-0.4, -0.2) is 34.3 Å². The number of nitrogens with one attached hydrogen (secondary N) is 2. The number of nitrogens with zero attached hydrogens (tertiary/aromatic N) is 2. The van der Waals surface area contributed by atoms with Gasteiger partial charge in [0.1, 0.15) is 0 Å². The van der Waals surface area contributed by atoms with E-state index in [9.17, 15) is 14.4 Å². The number of aromatic nitrogens is 2. The van der Waals surface area contributed by atoms with Gasteiger partial charge in [0.15, 0.2) is 5.16 Å². The maximum Gasteiger partial charge on any atom is 0.321 e. The molecule has 2 aromatic rings. The SMILES string of the molecule is CCCn1c(SCC(=O)NC(=O)NC)nc2cc(Cl)ccc2c1=O. The van der Waals surface area contributed by atoms with E-state index in [4.69, 9.17) is 11.6 Å². The lowest BCUT2D eigenvalue weighted by Gasteiger charge is -2.12. The maximum absolute atomic E-state index is 12.6. The van der Waals surface area contributed by atoms with Crippen molar-refractivity contribution >= 4 is 46.2 Å². The van der Waals surface area contributed by atoms with Gasteiger partial charge in [-0.15, -0.1) is 0 Å². The summed E-state index contributed by atoms with van der Waals surface area (Å²) < 4.78 is 1.54. The van der Waals surface area contributed by atoms with Gasteiger partial charge < -0.3 is 5.32 Å². The van der Waals surface area contributed by atoms with Crippen LogP contribution in [0, 0.1) is 0 Å². The molecule has 24 heavy (non-hydrogen) atoms. The standard InChI is InChI=1S/C15H17ClN4O3S/c1-3-6-20-13(22)10-5-4-9(16)7-11(10)18-15(20)24-8-12(21)19-14(23)17-2/h4-5,7H,3,6,8H2,1-2H3,(H2,17,19,21,23). The van der Waals surface area contributed by atoms with E-state index in [-0.39, 0.29) is 11.3 Å². The molecule has 7 nitrogen and oxygen atoms in total. The van der Waals surface area contributed by atoms with Crippen molar-refractivity contribution in [3.8, 4) is 0 Å². The first-order chi connectivity index (χ1) is 11.5. The highest BCUT2D eigenvalue weighted by molar-refractivity contribution is 7.99. The van der Waals surface area contributed by atoms with Gasteiger partial charge in [-0.3, -0.25) is 19.5 Å². The van der Waals surface area contributed by atoms with E-state index in [2.05, 4.69) is 15.6 Å². The molecule has 128 valence electrons. The highest BCUT2D eigenvalue weighted by Crippen LogP contribution is 2.20. The minimum absolute atomic E-state index is 0.0321. The quantitative estimate of drug-likeness (QED) is 0.622. The van der Waals surface area contributed by atoms with Crippen molar-refractivity contribution in [2.45, 2.75) is 25.0 Å². The summed E-state index contributed by atoms with van der Waals surface area (Å²) in [5.74, 6) is -0.502. The number of carbonyl (C=O) groups is 2. The van der Waals surface area contributed by atoms with Crippen molar-refractivity contribution in [3.63, 3.8) is 0 Å². The number of rotatable bonds is 5. The van der Waals surface area contributed by atoms with E-state index >= 15 is 0 Å². The molecule has 1 aromatic carbocycles. The molecule has 0 saturated heterocycles. The average Bonchev–Trinajstić information content (AvgIpc) is 2.55. The number of fused-ring (bicyclic) bond motifs is 1. The number of hydrogen-bond donors (Lipinski definition) is 2. The van der Waals surface area contributed by atoms with Crippen molar-refractivity contribution < 1.29 is 9.59 Å². The highest BCUT2D eigenvalue weighted by Gasteiger charge is 2.14. The van der Waals surface area contributed by atoms with Crippen LogP contribution in [0.25, 0.3) is 10.9 Å². The van der Waals surface area contributed by atoms with Crippen molar-refractivity contribution in [1.29, 1.82) is 0 Å². The van der Waals surface area contributed by atoms with E-state index in [0.717, 1.165) is 18.2 Å². The smallest absolute Gasteiger partial charge is 0.321 e. The predicted molar refractivity (Wildman–Crippen MR) is 94.6 cm³/mol. The summed E-state index contributed by atoms with van der Waals surface area (Å²) >= 11 is 7.06. The molecule has 0 fully saturated rings. The first kappa shape index (κ1) is 18.3. The molecule has 0 aliphatic carbocycles. The zero-order chi connectivity index (χ0) is 17.7. The molecule has 1 heterocycles. The normalized spacial score (nSPS) is 10.6. The van der Waals surface area contributed by atoms with Crippen molar-refractivity contribution in [2.24, 2.45) is 0 Å². The number of halogens is 1. The average molecular weight is 369 g/mol. The minimum Gasteiger partial charge on any atom is -0.341 e. The van der Waals surface area contributed by atoms with Gasteiger partial charge in [0, 0.05) is 18.6 Å². The fraction of sp³-hybridized carbons (Fsp3) is 0.333. The molecule has 0 saturated carbocycles. The van der Waals surface area contributed by atoms with Crippen LogP contribution in [0.1, 0.15) is 13.3 Å². The first-order valence-electron chi connectivity index (χ1n) is 7.30. The van der Waals surface area contributed by atoms with Crippen molar-refractivity contribution in [2.75, 3.05) is 12.8 Å². The molecule has 0 unspecified atom stereocenters. The summed E-state index contributed by atoms with van der Waals surface area (Å²) in [6.45, 7) is 2.44. The summed E-state index contributed by atoms with van der Waals surface area (Å²) in [6.07, 6.45) is 0.749. The molecule has 9 heteroatoms. The monoisotopic (exact) mass is 368 g/mol. The molecule has 0 spiro atoms. The summed E-state index contributed by atoms with van der Waals surface area (Å²) in [4.78, 5) is 39.9. The van der Waals surface area contributed by atoms with Crippen LogP contribution in [0.4, 0.5) is 4.79 Å². The largest absolute Gasteiger partial charge is 0.341 e. The summed E-state index contributed by atoms with van der Waals surface area (Å²) in [5, 5.41) is 5.85. The van der Waals surface area contributed by atoms with Gasteiger partial charge in [0.25, 0.3) is 5.56 Å². The molecule has 2 N–H and O–H groups in total. The molecule has 0 aliphatic heterocycles. The number of benzene rings is 1. The number of carbonyl (C=O) groups excluding carboxylic acids is 2. The van der Waals surface area contributed by atoms with E-state index in [1.165, 1.54) is 11.6 Å². The Morgan fingerprint density at radius 2 is 2.12 bits per heavy atom. The third-order valence-electron chi connectivity index (χ3n) is 3.14. The Balaban J connectivity index is 2.33. The molecule has 2 rings (SSSR count). The summed E-state index contributed by atoms with van der Waals surface area (Å²) in [5.41, 5.74) is 0.307. The highest BCUT2D eigenvalue weighted by atomic mass is 35.5. The van der Waals surface area contributed by atoms with Crippen LogP contribution in [-0.2, 0) is 11.3 Å². The molecule has 0 radical (unpaired) electrons. The first-order valence-corrected chi connectivity index (χ1v) is 8.67. The van der Waals surface area contributed by atoms with Gasteiger partial charge in [0.2, 0.25) is 5.91 Å². The van der Waals surface area contributed by atoms with E-state index in [1.807, 2.05) is 6.92 Å². The van der Waals surface area contributed by atoms with E-state index in [0.29, 0.717) is 27.6 Å². The number of thioether (sulfide) groups is 1. The van der Waals surface area contributed by atoms with Crippen LogP contribution in [0.3, 0.4) is 0 Å². The zero-order valence-corrected chi connectivity index (χ0v) is 14.8. The fourth-order valence-corrected chi connectivity index (χ4v) is 3.05. The van der Waals surface area contributed by atoms with Gasteiger partial charge in [0.05, 0.1) is 16.7 Å². The number of urea groups is 1. The topological polar surface area (TPSA) is 93.1 Å². The second-order valence-corrected chi connectivity index (χ2v) is 6.31. The van der Waals surface area contributed by atoms with Crippen LogP contribution in [0.15, 0.2) is 28.2 Å². The third kappa shape index (κ3) is 4.27. The summed E-state index contributed by atoms with van der Waals surface area (Å²) in [7, 11) is 1.42. The predicted octanol–water partition coefficient (Wildman–Crippen LogP) is 2.01. The lowest BCUT2D eigenvalue weighted by molar-refractivity contribution is -0.117. The van der Waals surface area contributed by atoms with Crippen molar-refractivity contribution in [1.82, 2.24) is 20.2 Å². The molecule has 1 aromatic heterocycles. The lowest BCUT2D eigenvalue weighted by Crippen LogP contribution is -2.38. The Morgan fingerprint density at radius 3 is 2.79 bits per heavy atom. The molecular weight excluding hydrogens is 352 g/mol. The van der Waals surface area contributed by atoms with E-state index < -0.39 is 11.9 Å². The molecular formula is C15H17ClN4O3S. The Labute approximate surface area is 147 Å². The van der Waals surface area contributed by atoms with Gasteiger partial charge in [-0.25, -0.2) is 9.78 Å². The van der Waals surface area contributed by atoms with Gasteiger partial charge in [-0.2, -0.15) is 0 Å². The second kappa shape index (κ2) is 8.16. The minimum atomic E-state index is -0.579. The lowest BCUT2D eigenvalue weighted by atomic mass is 10.2. The van der Waals surface area contributed by atoms with Crippen LogP contribution in [0.5, 0.6) is 0 Å². The van der Waals surface area contributed by atoms with Gasteiger partial charge in [-0.1, -0.05) is 30.3 Å². The number of amides is 3. The Kier molecular flexibility index (Phi) is 6.22. The number of imide groups is 1. The second-order valence-electron chi connectivity index (χ2n) is 4.93. The van der Waals surface area contributed by atoms with Gasteiger partial charge in [-0.05, 0) is 24.6 Å². The zero-order valence-electron chi connectivity index (χ0n) is 13.3. The van der Waals surface area contributed by atoms with Crippen LogP contribution >= 0.6 is 23.4 Å².